The zero-order valence-electron chi connectivity index (χ0n) is 10.6. The summed E-state index contributed by atoms with van der Waals surface area (Å²) in [6.07, 6.45) is 1.61. The maximum atomic E-state index is 13.0. The van der Waals surface area contributed by atoms with Gasteiger partial charge in [0.25, 0.3) is 0 Å². The third kappa shape index (κ3) is 3.62. The van der Waals surface area contributed by atoms with E-state index in [1.807, 2.05) is 6.92 Å². The van der Waals surface area contributed by atoms with E-state index in [0.29, 0.717) is 0 Å². The molecule has 0 unspecified atom stereocenters. The molecule has 0 bridgehead atoms. The predicted molar refractivity (Wildman–Crippen MR) is 77.1 cm³/mol. The highest BCUT2D eigenvalue weighted by Gasteiger charge is 2.17. The monoisotopic (exact) mass is 358 g/mol. The van der Waals surface area contributed by atoms with Crippen molar-refractivity contribution in [2.24, 2.45) is 0 Å². The number of benzene rings is 1. The molecule has 0 radical (unpaired) electrons. The van der Waals surface area contributed by atoms with Crippen LogP contribution in [0.4, 0.5) is 4.39 Å². The number of halogens is 2. The number of nitrogens with zero attached hydrogens (tertiary/aromatic N) is 1. The van der Waals surface area contributed by atoms with Crippen molar-refractivity contribution in [3.63, 3.8) is 0 Å². The molecule has 0 amide bonds. The highest BCUT2D eigenvalue weighted by Crippen LogP contribution is 2.22. The first-order valence-corrected chi connectivity index (χ1v) is 8.02. The molecule has 20 heavy (non-hydrogen) atoms. The lowest BCUT2D eigenvalue weighted by atomic mass is 10.2. The molecular formula is C13H12BrFN2O2S. The summed E-state index contributed by atoms with van der Waals surface area (Å²) < 4.78 is 39.9. The second-order valence-electron chi connectivity index (χ2n) is 4.21. The molecule has 0 aliphatic rings. The lowest BCUT2D eigenvalue weighted by Crippen LogP contribution is -2.23. The van der Waals surface area contributed by atoms with Gasteiger partial charge in [0.1, 0.15) is 5.82 Å². The maximum Gasteiger partial charge on any atom is 0.241 e. The molecule has 1 aromatic carbocycles. The Balaban J connectivity index is 2.17. The van der Waals surface area contributed by atoms with E-state index in [1.54, 1.807) is 18.3 Å². The van der Waals surface area contributed by atoms with Gasteiger partial charge in [0.15, 0.2) is 0 Å². The Kier molecular flexibility index (Phi) is 4.52. The van der Waals surface area contributed by atoms with Crippen LogP contribution in [0.15, 0.2) is 45.9 Å². The third-order valence-electron chi connectivity index (χ3n) is 2.62. The SMILES string of the molecule is Cc1ccc(CNS(=O)(=O)c2ccc(F)cc2Br)cn1. The van der Waals surface area contributed by atoms with E-state index < -0.39 is 15.8 Å². The van der Waals surface area contributed by atoms with Crippen molar-refractivity contribution in [3.8, 4) is 0 Å². The Bertz CT molecular complexity index is 718. The van der Waals surface area contributed by atoms with Crippen LogP contribution in [0.5, 0.6) is 0 Å². The predicted octanol–water partition coefficient (Wildman–Crippen LogP) is 2.77. The van der Waals surface area contributed by atoms with Crippen LogP contribution in [-0.2, 0) is 16.6 Å². The van der Waals surface area contributed by atoms with Crippen LogP contribution < -0.4 is 4.72 Å². The topological polar surface area (TPSA) is 59.1 Å². The molecule has 0 saturated heterocycles. The van der Waals surface area contributed by atoms with Crippen molar-refractivity contribution in [1.82, 2.24) is 9.71 Å². The first kappa shape index (κ1) is 15.1. The minimum Gasteiger partial charge on any atom is -0.261 e. The van der Waals surface area contributed by atoms with Crippen LogP contribution in [0.2, 0.25) is 0 Å². The van der Waals surface area contributed by atoms with Crippen molar-refractivity contribution < 1.29 is 12.8 Å². The summed E-state index contributed by atoms with van der Waals surface area (Å²) in [4.78, 5) is 4.09. The Hall–Kier alpha value is -1.31. The largest absolute Gasteiger partial charge is 0.261 e. The molecule has 0 atom stereocenters. The summed E-state index contributed by atoms with van der Waals surface area (Å²) in [5.74, 6) is -0.501. The van der Waals surface area contributed by atoms with Gasteiger partial charge in [0.05, 0.1) is 4.90 Å². The molecule has 2 rings (SSSR count). The van der Waals surface area contributed by atoms with Crippen LogP contribution >= 0.6 is 15.9 Å². The number of hydrogen-bond donors (Lipinski definition) is 1. The first-order valence-electron chi connectivity index (χ1n) is 5.75. The van der Waals surface area contributed by atoms with Gasteiger partial charge >= 0.3 is 0 Å². The van der Waals surface area contributed by atoms with Crippen molar-refractivity contribution >= 4 is 26.0 Å². The summed E-state index contributed by atoms with van der Waals surface area (Å²) in [6.45, 7) is 1.98. The fourth-order valence-electron chi connectivity index (χ4n) is 1.55. The Morgan fingerprint density at radius 2 is 2.05 bits per heavy atom. The van der Waals surface area contributed by atoms with Crippen LogP contribution in [-0.4, -0.2) is 13.4 Å². The number of hydrogen-bond acceptors (Lipinski definition) is 3. The van der Waals surface area contributed by atoms with Gasteiger partial charge in [-0.1, -0.05) is 6.07 Å². The van der Waals surface area contributed by atoms with Crippen molar-refractivity contribution in [2.45, 2.75) is 18.4 Å². The van der Waals surface area contributed by atoms with Gasteiger partial charge in [-0.05, 0) is 52.7 Å². The zero-order chi connectivity index (χ0) is 14.8. The van der Waals surface area contributed by atoms with Gasteiger partial charge < -0.3 is 0 Å². The number of rotatable bonds is 4. The van der Waals surface area contributed by atoms with Crippen LogP contribution in [0.3, 0.4) is 0 Å². The van der Waals surface area contributed by atoms with Gasteiger partial charge in [-0.3, -0.25) is 4.98 Å². The van der Waals surface area contributed by atoms with Crippen molar-refractivity contribution in [2.75, 3.05) is 0 Å². The summed E-state index contributed by atoms with van der Waals surface area (Å²) >= 11 is 3.05. The number of sulfonamides is 1. The van der Waals surface area contributed by atoms with E-state index in [4.69, 9.17) is 0 Å². The van der Waals surface area contributed by atoms with Crippen LogP contribution in [0.25, 0.3) is 0 Å². The van der Waals surface area contributed by atoms with E-state index in [1.165, 1.54) is 6.07 Å². The van der Waals surface area contributed by atoms with Crippen molar-refractivity contribution in [1.29, 1.82) is 0 Å². The van der Waals surface area contributed by atoms with Gasteiger partial charge in [0.2, 0.25) is 10.0 Å². The Labute approximate surface area is 125 Å². The normalized spacial score (nSPS) is 11.6. The number of pyridine rings is 1. The highest BCUT2D eigenvalue weighted by molar-refractivity contribution is 9.10. The molecule has 1 N–H and O–H groups in total. The molecule has 1 heterocycles. The average molecular weight is 359 g/mol. The first-order chi connectivity index (χ1) is 9.38. The average Bonchev–Trinajstić information content (AvgIpc) is 2.37. The maximum absolute atomic E-state index is 13.0. The number of aryl methyl sites for hydroxylation is 1. The fraction of sp³-hybridized carbons (Fsp3) is 0.154. The molecule has 0 aliphatic heterocycles. The van der Waals surface area contributed by atoms with Gasteiger partial charge in [0, 0.05) is 22.9 Å². The van der Waals surface area contributed by atoms with E-state index in [9.17, 15) is 12.8 Å². The van der Waals surface area contributed by atoms with Gasteiger partial charge in [-0.15, -0.1) is 0 Å². The Morgan fingerprint density at radius 1 is 1.30 bits per heavy atom. The van der Waals surface area contributed by atoms with E-state index in [-0.39, 0.29) is 15.9 Å². The second-order valence-corrected chi connectivity index (χ2v) is 6.80. The molecule has 4 nitrogen and oxygen atoms in total. The molecule has 0 saturated carbocycles. The lowest BCUT2D eigenvalue weighted by molar-refractivity contribution is 0.579. The third-order valence-corrected chi connectivity index (χ3v) is 5.00. The molecule has 0 aliphatic carbocycles. The molecular weight excluding hydrogens is 347 g/mol. The van der Waals surface area contributed by atoms with E-state index in [0.717, 1.165) is 23.4 Å². The van der Waals surface area contributed by atoms with Gasteiger partial charge in [-0.2, -0.15) is 0 Å². The smallest absolute Gasteiger partial charge is 0.241 e. The van der Waals surface area contributed by atoms with E-state index >= 15 is 0 Å². The molecule has 1 aromatic heterocycles. The summed E-state index contributed by atoms with van der Waals surface area (Å²) in [6, 6.07) is 7.03. The second kappa shape index (κ2) is 5.99. The van der Waals surface area contributed by atoms with Crippen LogP contribution in [0, 0.1) is 12.7 Å². The minimum atomic E-state index is -3.71. The summed E-state index contributed by atoms with van der Waals surface area (Å²) in [5.41, 5.74) is 1.61. The van der Waals surface area contributed by atoms with E-state index in [2.05, 4.69) is 25.6 Å². The lowest BCUT2D eigenvalue weighted by Gasteiger charge is -2.08. The standard InChI is InChI=1S/C13H12BrFN2O2S/c1-9-2-3-10(7-16-9)8-17-20(18,19)13-5-4-11(15)6-12(13)14/h2-7,17H,8H2,1H3. The van der Waals surface area contributed by atoms with Gasteiger partial charge in [-0.25, -0.2) is 17.5 Å². The fourth-order valence-corrected chi connectivity index (χ4v) is 3.62. The number of aromatic nitrogens is 1. The summed E-state index contributed by atoms with van der Waals surface area (Å²) in [7, 11) is -3.71. The molecule has 0 spiro atoms. The molecule has 7 heteroatoms. The van der Waals surface area contributed by atoms with Crippen molar-refractivity contribution in [3.05, 3.63) is 58.1 Å². The minimum absolute atomic E-state index is 0.000953. The van der Waals surface area contributed by atoms with Crippen LogP contribution in [0.1, 0.15) is 11.3 Å². The molecule has 2 aromatic rings. The zero-order valence-corrected chi connectivity index (χ0v) is 13.0. The summed E-state index contributed by atoms with van der Waals surface area (Å²) in [5, 5.41) is 0. The molecule has 0 fully saturated rings. The Morgan fingerprint density at radius 3 is 2.65 bits per heavy atom. The highest BCUT2D eigenvalue weighted by atomic mass is 79.9. The quantitative estimate of drug-likeness (QED) is 0.913. The number of nitrogens with one attached hydrogen (secondary N) is 1. The molecule has 106 valence electrons.